The highest BCUT2D eigenvalue weighted by atomic mass is 15.2. The summed E-state index contributed by atoms with van der Waals surface area (Å²) >= 11 is 0. The Hall–Kier alpha value is -0.120. The zero-order chi connectivity index (χ0) is 15.5. The first-order valence-electron chi connectivity index (χ1n) is 9.07. The van der Waals surface area contributed by atoms with Crippen LogP contribution in [0, 0.1) is 5.41 Å². The van der Waals surface area contributed by atoms with Gasteiger partial charge in [-0.2, -0.15) is 0 Å². The number of nitrogens with zero attached hydrogens (tertiary/aromatic N) is 2. The van der Waals surface area contributed by atoms with Crippen LogP contribution in [0.25, 0.3) is 0 Å². The highest BCUT2D eigenvalue weighted by Crippen LogP contribution is 2.38. The minimum Gasteiger partial charge on any atom is -0.312 e. The molecule has 0 aromatic carbocycles. The molecule has 0 bridgehead atoms. The lowest BCUT2D eigenvalue weighted by molar-refractivity contribution is 0.0353. The van der Waals surface area contributed by atoms with E-state index in [1.807, 2.05) is 0 Å². The smallest absolute Gasteiger partial charge is 0.0254 e. The third-order valence-electron chi connectivity index (χ3n) is 5.71. The van der Waals surface area contributed by atoms with Crippen molar-refractivity contribution in [1.82, 2.24) is 15.1 Å². The second kappa shape index (κ2) is 7.43. The standard InChI is InChI=1S/C18H37N3/c1-6-11-19-16-7-10-18(2,3)14-17(16)21-12-8-15(9-13-21)20(4)5/h15-17,19H,6-14H2,1-5H3. The first kappa shape index (κ1) is 17.2. The average molecular weight is 296 g/mol. The largest absolute Gasteiger partial charge is 0.312 e. The zero-order valence-electron chi connectivity index (χ0n) is 15.0. The highest BCUT2D eigenvalue weighted by Gasteiger charge is 2.38. The van der Waals surface area contributed by atoms with Crippen molar-refractivity contribution in [3.63, 3.8) is 0 Å². The molecule has 2 aliphatic rings. The number of likely N-dealkylation sites (tertiary alicyclic amines) is 1. The van der Waals surface area contributed by atoms with Gasteiger partial charge >= 0.3 is 0 Å². The van der Waals surface area contributed by atoms with Gasteiger partial charge in [0.2, 0.25) is 0 Å². The molecule has 1 heterocycles. The Balaban J connectivity index is 1.96. The Bertz CT molecular complexity index is 306. The van der Waals surface area contributed by atoms with Crippen molar-refractivity contribution in [3.8, 4) is 0 Å². The van der Waals surface area contributed by atoms with Gasteiger partial charge in [0, 0.05) is 18.1 Å². The predicted molar refractivity (Wildman–Crippen MR) is 91.8 cm³/mol. The molecule has 0 aromatic heterocycles. The minimum atomic E-state index is 0.521. The summed E-state index contributed by atoms with van der Waals surface area (Å²) < 4.78 is 0. The van der Waals surface area contributed by atoms with Gasteiger partial charge in [0.15, 0.2) is 0 Å². The Kier molecular flexibility index (Phi) is 6.10. The van der Waals surface area contributed by atoms with Crippen molar-refractivity contribution in [2.75, 3.05) is 33.7 Å². The molecule has 1 saturated carbocycles. The van der Waals surface area contributed by atoms with Crippen LogP contribution in [-0.4, -0.2) is 61.7 Å². The summed E-state index contributed by atoms with van der Waals surface area (Å²) in [6, 6.07) is 2.26. The molecule has 2 fully saturated rings. The van der Waals surface area contributed by atoms with Gasteiger partial charge in [0.05, 0.1) is 0 Å². The fourth-order valence-electron chi connectivity index (χ4n) is 4.23. The van der Waals surface area contributed by atoms with Crippen molar-refractivity contribution in [1.29, 1.82) is 0 Å². The van der Waals surface area contributed by atoms with Crippen molar-refractivity contribution < 1.29 is 0 Å². The summed E-state index contributed by atoms with van der Waals surface area (Å²) in [4.78, 5) is 5.21. The third kappa shape index (κ3) is 4.67. The minimum absolute atomic E-state index is 0.521. The lowest BCUT2D eigenvalue weighted by atomic mass is 9.72. The van der Waals surface area contributed by atoms with Crippen molar-refractivity contribution >= 4 is 0 Å². The lowest BCUT2D eigenvalue weighted by Crippen LogP contribution is -2.57. The molecule has 3 heteroatoms. The van der Waals surface area contributed by atoms with E-state index in [1.54, 1.807) is 0 Å². The molecule has 0 radical (unpaired) electrons. The van der Waals surface area contributed by atoms with Crippen LogP contribution in [0.15, 0.2) is 0 Å². The fraction of sp³-hybridized carbons (Fsp3) is 1.00. The first-order valence-corrected chi connectivity index (χ1v) is 9.07. The molecule has 1 N–H and O–H groups in total. The first-order chi connectivity index (χ1) is 9.93. The van der Waals surface area contributed by atoms with Gasteiger partial charge in [-0.1, -0.05) is 20.8 Å². The molecule has 1 aliphatic carbocycles. The number of rotatable bonds is 5. The van der Waals surface area contributed by atoms with Crippen LogP contribution in [0.1, 0.15) is 59.3 Å². The Morgan fingerprint density at radius 3 is 2.38 bits per heavy atom. The van der Waals surface area contributed by atoms with E-state index in [0.717, 1.165) is 12.1 Å². The Labute approximate surface area is 132 Å². The fourth-order valence-corrected chi connectivity index (χ4v) is 4.23. The van der Waals surface area contributed by atoms with Gasteiger partial charge in [0.25, 0.3) is 0 Å². The van der Waals surface area contributed by atoms with Gasteiger partial charge in [-0.15, -0.1) is 0 Å². The second-order valence-electron chi connectivity index (χ2n) is 8.27. The van der Waals surface area contributed by atoms with Crippen LogP contribution in [0.4, 0.5) is 0 Å². The molecule has 0 spiro atoms. The highest BCUT2D eigenvalue weighted by molar-refractivity contribution is 4.96. The summed E-state index contributed by atoms with van der Waals surface area (Å²) in [5.41, 5.74) is 0.521. The maximum atomic E-state index is 3.84. The quantitative estimate of drug-likeness (QED) is 0.841. The summed E-state index contributed by atoms with van der Waals surface area (Å²) in [6.45, 7) is 10.9. The summed E-state index contributed by atoms with van der Waals surface area (Å²) in [5, 5.41) is 3.84. The molecular formula is C18H37N3. The molecule has 124 valence electrons. The van der Waals surface area contributed by atoms with E-state index >= 15 is 0 Å². The van der Waals surface area contributed by atoms with E-state index < -0.39 is 0 Å². The topological polar surface area (TPSA) is 18.5 Å². The van der Waals surface area contributed by atoms with E-state index in [-0.39, 0.29) is 0 Å². The van der Waals surface area contributed by atoms with Gasteiger partial charge in [-0.3, -0.25) is 4.90 Å². The van der Waals surface area contributed by atoms with E-state index in [4.69, 9.17) is 0 Å². The molecule has 3 nitrogen and oxygen atoms in total. The number of piperidine rings is 1. The van der Waals surface area contributed by atoms with E-state index in [9.17, 15) is 0 Å². The molecule has 21 heavy (non-hydrogen) atoms. The van der Waals surface area contributed by atoms with Gasteiger partial charge in [-0.05, 0) is 77.7 Å². The number of nitrogens with one attached hydrogen (secondary N) is 1. The van der Waals surface area contributed by atoms with Crippen LogP contribution < -0.4 is 5.32 Å². The maximum absolute atomic E-state index is 3.84. The summed E-state index contributed by atoms with van der Waals surface area (Å²) in [7, 11) is 4.46. The SMILES string of the molecule is CCCNC1CCC(C)(C)CC1N1CCC(N(C)C)CC1. The van der Waals surface area contributed by atoms with Crippen molar-refractivity contribution in [3.05, 3.63) is 0 Å². The van der Waals surface area contributed by atoms with E-state index in [1.165, 1.54) is 58.2 Å². The molecule has 0 amide bonds. The number of hydrogen-bond acceptors (Lipinski definition) is 3. The Morgan fingerprint density at radius 1 is 1.14 bits per heavy atom. The predicted octanol–water partition coefficient (Wildman–Crippen LogP) is 2.96. The average Bonchev–Trinajstić information content (AvgIpc) is 2.45. The normalized spacial score (nSPS) is 31.7. The maximum Gasteiger partial charge on any atom is 0.0254 e. The second-order valence-corrected chi connectivity index (χ2v) is 8.27. The van der Waals surface area contributed by atoms with Gasteiger partial charge in [0.1, 0.15) is 0 Å². The van der Waals surface area contributed by atoms with Gasteiger partial charge in [-0.25, -0.2) is 0 Å². The monoisotopic (exact) mass is 295 g/mol. The molecule has 1 aliphatic heterocycles. The lowest BCUT2D eigenvalue weighted by Gasteiger charge is -2.48. The summed E-state index contributed by atoms with van der Waals surface area (Å²) in [5.74, 6) is 0. The van der Waals surface area contributed by atoms with Crippen LogP contribution in [0.5, 0.6) is 0 Å². The molecule has 2 rings (SSSR count). The van der Waals surface area contributed by atoms with Crippen LogP contribution in [-0.2, 0) is 0 Å². The third-order valence-corrected chi connectivity index (χ3v) is 5.71. The van der Waals surface area contributed by atoms with Crippen molar-refractivity contribution in [2.24, 2.45) is 5.41 Å². The molecule has 2 unspecified atom stereocenters. The van der Waals surface area contributed by atoms with Crippen molar-refractivity contribution in [2.45, 2.75) is 77.4 Å². The van der Waals surface area contributed by atoms with Crippen LogP contribution in [0.3, 0.4) is 0 Å². The van der Waals surface area contributed by atoms with E-state index in [0.29, 0.717) is 11.5 Å². The van der Waals surface area contributed by atoms with Crippen LogP contribution in [0.2, 0.25) is 0 Å². The zero-order valence-corrected chi connectivity index (χ0v) is 15.0. The Morgan fingerprint density at radius 2 is 1.81 bits per heavy atom. The van der Waals surface area contributed by atoms with Crippen LogP contribution >= 0.6 is 0 Å². The summed E-state index contributed by atoms with van der Waals surface area (Å²) in [6.07, 6.45) is 8.01. The molecule has 1 saturated heterocycles. The van der Waals surface area contributed by atoms with E-state index in [2.05, 4.69) is 50.0 Å². The molecule has 2 atom stereocenters. The van der Waals surface area contributed by atoms with Gasteiger partial charge < -0.3 is 10.2 Å². The number of hydrogen-bond donors (Lipinski definition) is 1. The molecular weight excluding hydrogens is 258 g/mol. The molecule has 0 aromatic rings.